The average Bonchev–Trinajstić information content (AvgIpc) is 3.27. The SMILES string of the molecule is CN(NCc1ccc(-c2ccc(C(F)(F)F)s2)cn1)C(=O)C1CC1. The van der Waals surface area contributed by atoms with Crippen LogP contribution in [0.5, 0.6) is 0 Å². The van der Waals surface area contributed by atoms with Crippen LogP contribution < -0.4 is 5.43 Å². The van der Waals surface area contributed by atoms with Gasteiger partial charge in [-0.1, -0.05) is 6.07 Å². The Hall–Kier alpha value is -1.93. The van der Waals surface area contributed by atoms with E-state index >= 15 is 0 Å². The van der Waals surface area contributed by atoms with Crippen molar-refractivity contribution in [3.05, 3.63) is 41.0 Å². The number of alkyl halides is 3. The third-order valence-electron chi connectivity index (χ3n) is 3.75. The van der Waals surface area contributed by atoms with E-state index in [0.29, 0.717) is 34.0 Å². The zero-order chi connectivity index (χ0) is 17.3. The molecule has 1 amide bonds. The summed E-state index contributed by atoms with van der Waals surface area (Å²) in [7, 11) is 1.68. The van der Waals surface area contributed by atoms with Gasteiger partial charge in [0.05, 0.1) is 12.2 Å². The lowest BCUT2D eigenvalue weighted by Gasteiger charge is -2.17. The Morgan fingerprint density at radius 2 is 2.08 bits per heavy atom. The maximum atomic E-state index is 12.6. The summed E-state index contributed by atoms with van der Waals surface area (Å²) in [6, 6.07) is 6.00. The smallest absolute Gasteiger partial charge is 0.281 e. The summed E-state index contributed by atoms with van der Waals surface area (Å²) in [4.78, 5) is 15.9. The number of hydrazine groups is 1. The number of nitrogens with zero attached hydrogens (tertiary/aromatic N) is 2. The maximum Gasteiger partial charge on any atom is 0.425 e. The molecule has 0 spiro atoms. The van der Waals surface area contributed by atoms with Gasteiger partial charge in [-0.2, -0.15) is 13.2 Å². The van der Waals surface area contributed by atoms with Crippen molar-refractivity contribution in [3.63, 3.8) is 0 Å². The molecule has 2 heterocycles. The minimum atomic E-state index is -4.32. The third-order valence-corrected chi connectivity index (χ3v) is 4.93. The van der Waals surface area contributed by atoms with Crippen molar-refractivity contribution in [3.8, 4) is 10.4 Å². The lowest BCUT2D eigenvalue weighted by atomic mass is 10.2. The Balaban J connectivity index is 1.60. The monoisotopic (exact) mass is 355 g/mol. The zero-order valence-corrected chi connectivity index (χ0v) is 13.7. The molecule has 0 atom stereocenters. The number of thiophene rings is 1. The molecule has 2 aromatic rings. The van der Waals surface area contributed by atoms with E-state index in [1.165, 1.54) is 11.1 Å². The van der Waals surface area contributed by atoms with E-state index in [9.17, 15) is 18.0 Å². The van der Waals surface area contributed by atoms with Gasteiger partial charge >= 0.3 is 6.18 Å². The predicted octanol–water partition coefficient (Wildman–Crippen LogP) is 3.70. The second-order valence-corrected chi connectivity index (χ2v) is 6.79. The quantitative estimate of drug-likeness (QED) is 0.832. The first kappa shape index (κ1) is 16.9. The van der Waals surface area contributed by atoms with Crippen LogP contribution in [0.1, 0.15) is 23.4 Å². The zero-order valence-electron chi connectivity index (χ0n) is 12.9. The fourth-order valence-corrected chi connectivity index (χ4v) is 3.07. The largest absolute Gasteiger partial charge is 0.425 e. The summed E-state index contributed by atoms with van der Waals surface area (Å²) in [6.07, 6.45) is -0.887. The van der Waals surface area contributed by atoms with Gasteiger partial charge in [0.2, 0.25) is 5.91 Å². The molecule has 128 valence electrons. The lowest BCUT2D eigenvalue weighted by Crippen LogP contribution is -2.40. The number of halogens is 3. The van der Waals surface area contributed by atoms with Crippen molar-refractivity contribution >= 4 is 17.2 Å². The van der Waals surface area contributed by atoms with Crippen LogP contribution >= 0.6 is 11.3 Å². The van der Waals surface area contributed by atoms with Gasteiger partial charge in [-0.05, 0) is 31.0 Å². The van der Waals surface area contributed by atoms with Gasteiger partial charge < -0.3 is 0 Å². The van der Waals surface area contributed by atoms with Crippen LogP contribution in [0.25, 0.3) is 10.4 Å². The summed E-state index contributed by atoms with van der Waals surface area (Å²) < 4.78 is 37.9. The number of carbonyl (C=O) groups excluding carboxylic acids is 1. The van der Waals surface area contributed by atoms with Crippen molar-refractivity contribution in [1.29, 1.82) is 0 Å². The van der Waals surface area contributed by atoms with Crippen LogP contribution in [0.2, 0.25) is 0 Å². The molecule has 0 bridgehead atoms. The van der Waals surface area contributed by atoms with Gasteiger partial charge in [0.1, 0.15) is 4.88 Å². The van der Waals surface area contributed by atoms with E-state index < -0.39 is 11.1 Å². The number of amides is 1. The molecule has 4 nitrogen and oxygen atoms in total. The fourth-order valence-electron chi connectivity index (χ4n) is 2.20. The second-order valence-electron chi connectivity index (χ2n) is 5.71. The number of hydrogen-bond donors (Lipinski definition) is 1. The summed E-state index contributed by atoms with van der Waals surface area (Å²) in [5.41, 5.74) is 4.33. The fraction of sp³-hybridized carbons (Fsp3) is 0.375. The highest BCUT2D eigenvalue weighted by atomic mass is 32.1. The first-order valence-electron chi connectivity index (χ1n) is 7.48. The van der Waals surface area contributed by atoms with Crippen molar-refractivity contribution in [2.45, 2.75) is 25.6 Å². The molecule has 1 N–H and O–H groups in total. The normalized spacial score (nSPS) is 14.7. The molecule has 1 fully saturated rings. The van der Waals surface area contributed by atoms with Gasteiger partial charge in [0.25, 0.3) is 0 Å². The van der Waals surface area contributed by atoms with Crippen LogP contribution in [0.3, 0.4) is 0 Å². The van der Waals surface area contributed by atoms with E-state index in [0.717, 1.165) is 18.9 Å². The van der Waals surface area contributed by atoms with Crippen LogP contribution in [0.15, 0.2) is 30.5 Å². The standard InChI is InChI=1S/C16H16F3N3OS/c1-22(15(23)10-2-3-10)21-9-12-5-4-11(8-20-12)13-6-7-14(24-13)16(17,18)19/h4-8,10,21H,2-3,9H2,1H3. The van der Waals surface area contributed by atoms with Crippen molar-refractivity contribution < 1.29 is 18.0 Å². The van der Waals surface area contributed by atoms with Crippen LogP contribution in [-0.4, -0.2) is 22.9 Å². The highest BCUT2D eigenvalue weighted by Gasteiger charge is 2.33. The summed E-state index contributed by atoms with van der Waals surface area (Å²) in [6.45, 7) is 0.382. The number of hydrogen-bond acceptors (Lipinski definition) is 4. The first-order valence-corrected chi connectivity index (χ1v) is 8.29. The number of rotatable bonds is 5. The van der Waals surface area contributed by atoms with Gasteiger partial charge in [-0.25, -0.2) is 5.43 Å². The van der Waals surface area contributed by atoms with Crippen molar-refractivity contribution in [2.75, 3.05) is 7.05 Å². The Morgan fingerprint density at radius 1 is 1.33 bits per heavy atom. The molecule has 1 aliphatic rings. The minimum absolute atomic E-state index is 0.0740. The van der Waals surface area contributed by atoms with Crippen LogP contribution in [0.4, 0.5) is 13.2 Å². The van der Waals surface area contributed by atoms with Gasteiger partial charge in [0, 0.05) is 29.6 Å². The second kappa shape index (κ2) is 6.52. The summed E-state index contributed by atoms with van der Waals surface area (Å²) in [5, 5.41) is 1.47. The Labute approximate surface area is 141 Å². The molecule has 1 aliphatic carbocycles. The van der Waals surface area contributed by atoms with Crippen LogP contribution in [-0.2, 0) is 17.5 Å². The first-order chi connectivity index (χ1) is 11.3. The molecule has 0 saturated heterocycles. The van der Waals surface area contributed by atoms with Gasteiger partial charge in [-0.3, -0.25) is 14.8 Å². The van der Waals surface area contributed by atoms with Gasteiger partial charge in [0.15, 0.2) is 0 Å². The van der Waals surface area contributed by atoms with E-state index in [1.807, 2.05) is 0 Å². The van der Waals surface area contributed by atoms with E-state index in [1.54, 1.807) is 25.4 Å². The van der Waals surface area contributed by atoms with Crippen molar-refractivity contribution in [2.24, 2.45) is 5.92 Å². The number of pyridine rings is 1. The number of nitrogens with one attached hydrogen (secondary N) is 1. The van der Waals surface area contributed by atoms with E-state index in [-0.39, 0.29) is 11.8 Å². The lowest BCUT2D eigenvalue weighted by molar-refractivity contribution is -0.135. The molecule has 3 rings (SSSR count). The van der Waals surface area contributed by atoms with Crippen molar-refractivity contribution in [1.82, 2.24) is 15.4 Å². The third kappa shape index (κ3) is 3.93. The van der Waals surface area contributed by atoms with E-state index in [2.05, 4.69) is 10.4 Å². The Morgan fingerprint density at radius 3 is 2.62 bits per heavy atom. The summed E-state index contributed by atoms with van der Waals surface area (Å²) in [5.74, 6) is 0.212. The molecule has 8 heteroatoms. The number of carbonyl (C=O) groups is 1. The molecular formula is C16H16F3N3OS. The molecule has 2 aromatic heterocycles. The highest BCUT2D eigenvalue weighted by molar-refractivity contribution is 7.15. The molecule has 0 unspecified atom stereocenters. The molecule has 0 radical (unpaired) electrons. The maximum absolute atomic E-state index is 12.6. The Bertz CT molecular complexity index is 723. The average molecular weight is 355 g/mol. The Kier molecular flexibility index (Phi) is 4.60. The number of aromatic nitrogens is 1. The molecular weight excluding hydrogens is 339 g/mol. The topological polar surface area (TPSA) is 45.2 Å². The molecule has 0 aliphatic heterocycles. The molecule has 1 saturated carbocycles. The highest BCUT2D eigenvalue weighted by Crippen LogP contribution is 2.38. The van der Waals surface area contributed by atoms with Gasteiger partial charge in [-0.15, -0.1) is 11.3 Å². The summed E-state index contributed by atoms with van der Waals surface area (Å²) >= 11 is 0.698. The molecule has 0 aromatic carbocycles. The minimum Gasteiger partial charge on any atom is -0.281 e. The molecule has 24 heavy (non-hydrogen) atoms. The van der Waals surface area contributed by atoms with E-state index in [4.69, 9.17) is 0 Å². The predicted molar refractivity (Wildman–Crippen MR) is 84.9 cm³/mol. The van der Waals surface area contributed by atoms with Crippen LogP contribution in [0, 0.1) is 5.92 Å².